The van der Waals surface area contributed by atoms with Crippen LogP contribution in [0.1, 0.15) is 12.8 Å². The number of ether oxygens (including phenoxy) is 1. The van der Waals surface area contributed by atoms with Crippen molar-refractivity contribution in [3.05, 3.63) is 0 Å². The summed E-state index contributed by atoms with van der Waals surface area (Å²) < 4.78 is 4.88. The lowest BCUT2D eigenvalue weighted by Crippen LogP contribution is -2.21. The van der Waals surface area contributed by atoms with Gasteiger partial charge in [0.1, 0.15) is 0 Å². The zero-order valence-corrected chi connectivity index (χ0v) is 7.43. The molecule has 1 unspecified atom stereocenters. The predicted molar refractivity (Wildman–Crippen MR) is 46.0 cm³/mol. The van der Waals surface area contributed by atoms with Crippen molar-refractivity contribution < 1.29 is 9.53 Å². The van der Waals surface area contributed by atoms with Crippen LogP contribution in [-0.2, 0) is 4.74 Å². The maximum atomic E-state index is 10.6. The highest BCUT2D eigenvalue weighted by atomic mass is 16.5. The lowest BCUT2D eigenvalue weighted by atomic mass is 10.1. The van der Waals surface area contributed by atoms with Crippen LogP contribution in [0.3, 0.4) is 0 Å². The van der Waals surface area contributed by atoms with E-state index in [2.05, 4.69) is 10.6 Å². The van der Waals surface area contributed by atoms with Crippen LogP contribution < -0.4 is 10.6 Å². The summed E-state index contributed by atoms with van der Waals surface area (Å²) in [6.07, 6.45) is 1.85. The predicted octanol–water partition coefficient (Wildman–Crippen LogP) is 0.342. The molecule has 0 saturated carbocycles. The third kappa shape index (κ3) is 3.09. The van der Waals surface area contributed by atoms with Crippen molar-refractivity contribution in [2.24, 2.45) is 5.92 Å². The molecule has 1 saturated heterocycles. The molecular weight excluding hydrogens is 156 g/mol. The summed E-state index contributed by atoms with van der Waals surface area (Å²) in [5, 5.41) is 5.68. The third-order valence-electron chi connectivity index (χ3n) is 2.13. The summed E-state index contributed by atoms with van der Waals surface area (Å²) in [5.41, 5.74) is 0. The third-order valence-corrected chi connectivity index (χ3v) is 2.13. The molecule has 0 spiro atoms. The molecule has 0 aromatic rings. The smallest absolute Gasteiger partial charge is 0.406 e. The molecule has 12 heavy (non-hydrogen) atoms. The van der Waals surface area contributed by atoms with Crippen LogP contribution in [0.2, 0.25) is 0 Å². The Kier molecular flexibility index (Phi) is 3.87. The summed E-state index contributed by atoms with van der Waals surface area (Å²) >= 11 is 0. The Labute approximate surface area is 72.7 Å². The highest BCUT2D eigenvalue weighted by Gasteiger charge is 2.14. The van der Waals surface area contributed by atoms with E-state index in [0.29, 0.717) is 12.5 Å². The monoisotopic (exact) mass is 172 g/mol. The van der Waals surface area contributed by atoms with Gasteiger partial charge in [-0.05, 0) is 31.8 Å². The lowest BCUT2D eigenvalue weighted by molar-refractivity contribution is 0.142. The number of rotatable bonds is 3. The van der Waals surface area contributed by atoms with Gasteiger partial charge in [-0.1, -0.05) is 0 Å². The largest absolute Gasteiger partial charge is 0.450 e. The van der Waals surface area contributed by atoms with Gasteiger partial charge in [-0.3, -0.25) is 0 Å². The molecule has 1 rings (SSSR count). The van der Waals surface area contributed by atoms with Gasteiger partial charge in [-0.25, -0.2) is 4.79 Å². The van der Waals surface area contributed by atoms with Crippen LogP contribution in [0.25, 0.3) is 0 Å². The molecule has 2 N–H and O–H groups in total. The molecular formula is C8H16N2O2. The van der Waals surface area contributed by atoms with E-state index in [4.69, 9.17) is 4.74 Å². The zero-order chi connectivity index (χ0) is 8.81. The van der Waals surface area contributed by atoms with Gasteiger partial charge in [-0.15, -0.1) is 0 Å². The maximum Gasteiger partial charge on any atom is 0.406 e. The molecule has 1 atom stereocenters. The average Bonchev–Trinajstić information content (AvgIpc) is 2.57. The van der Waals surface area contributed by atoms with E-state index < -0.39 is 0 Å². The van der Waals surface area contributed by atoms with Gasteiger partial charge in [0.25, 0.3) is 0 Å². The Bertz CT molecular complexity index is 144. The van der Waals surface area contributed by atoms with E-state index in [1.54, 1.807) is 7.05 Å². The summed E-state index contributed by atoms with van der Waals surface area (Å²) in [7, 11) is 1.57. The Morgan fingerprint density at radius 3 is 3.17 bits per heavy atom. The Morgan fingerprint density at radius 1 is 1.75 bits per heavy atom. The van der Waals surface area contributed by atoms with Crippen LogP contribution in [0.15, 0.2) is 0 Å². The summed E-state index contributed by atoms with van der Waals surface area (Å²) in [4.78, 5) is 10.6. The molecule has 0 aromatic carbocycles. The Morgan fingerprint density at radius 2 is 2.58 bits per heavy atom. The fourth-order valence-electron chi connectivity index (χ4n) is 1.35. The molecule has 0 aliphatic carbocycles. The number of alkyl carbamates (subject to hydrolysis) is 1. The van der Waals surface area contributed by atoms with Gasteiger partial charge in [0, 0.05) is 7.05 Å². The van der Waals surface area contributed by atoms with Gasteiger partial charge in [-0.2, -0.15) is 0 Å². The Balaban J connectivity index is 1.97. The highest BCUT2D eigenvalue weighted by Crippen LogP contribution is 2.11. The summed E-state index contributed by atoms with van der Waals surface area (Å²) in [6.45, 7) is 2.70. The van der Waals surface area contributed by atoms with Gasteiger partial charge in [0.05, 0.1) is 6.61 Å². The molecule has 4 nitrogen and oxygen atoms in total. The first-order chi connectivity index (χ1) is 5.83. The minimum atomic E-state index is -0.332. The second-order valence-electron chi connectivity index (χ2n) is 3.03. The molecule has 1 aliphatic heterocycles. The molecule has 0 radical (unpaired) electrons. The van der Waals surface area contributed by atoms with E-state index >= 15 is 0 Å². The highest BCUT2D eigenvalue weighted by molar-refractivity contribution is 5.66. The average molecular weight is 172 g/mol. The fourth-order valence-corrected chi connectivity index (χ4v) is 1.35. The zero-order valence-electron chi connectivity index (χ0n) is 7.43. The minimum absolute atomic E-state index is 0.332. The summed E-state index contributed by atoms with van der Waals surface area (Å²) in [5.74, 6) is 0.689. The van der Waals surface area contributed by atoms with Gasteiger partial charge >= 0.3 is 6.09 Å². The van der Waals surface area contributed by atoms with Crippen molar-refractivity contribution in [3.8, 4) is 0 Å². The quantitative estimate of drug-likeness (QED) is 0.645. The molecule has 70 valence electrons. The lowest BCUT2D eigenvalue weighted by Gasteiger charge is -2.07. The van der Waals surface area contributed by atoms with Crippen LogP contribution in [0, 0.1) is 5.92 Å². The van der Waals surface area contributed by atoms with E-state index in [-0.39, 0.29) is 6.09 Å². The van der Waals surface area contributed by atoms with E-state index in [0.717, 1.165) is 19.5 Å². The number of amides is 1. The molecule has 4 heteroatoms. The van der Waals surface area contributed by atoms with Crippen molar-refractivity contribution in [2.75, 3.05) is 26.7 Å². The molecule has 0 bridgehead atoms. The number of hydrogen-bond donors (Lipinski definition) is 2. The molecule has 1 amide bonds. The van der Waals surface area contributed by atoms with E-state index in [1.165, 1.54) is 6.42 Å². The van der Waals surface area contributed by atoms with Crippen LogP contribution in [0.4, 0.5) is 4.79 Å². The second kappa shape index (κ2) is 4.98. The minimum Gasteiger partial charge on any atom is -0.450 e. The topological polar surface area (TPSA) is 50.4 Å². The van der Waals surface area contributed by atoms with Crippen molar-refractivity contribution >= 4 is 6.09 Å². The fraction of sp³-hybridized carbons (Fsp3) is 0.875. The van der Waals surface area contributed by atoms with Gasteiger partial charge in [0.15, 0.2) is 0 Å². The van der Waals surface area contributed by atoms with Crippen molar-refractivity contribution in [1.82, 2.24) is 10.6 Å². The van der Waals surface area contributed by atoms with E-state index in [1.807, 2.05) is 0 Å². The molecule has 0 aromatic heterocycles. The molecule has 1 aliphatic rings. The molecule has 1 heterocycles. The first kappa shape index (κ1) is 9.32. The Hall–Kier alpha value is -0.770. The number of hydrogen-bond acceptors (Lipinski definition) is 3. The van der Waals surface area contributed by atoms with Crippen LogP contribution >= 0.6 is 0 Å². The van der Waals surface area contributed by atoms with Gasteiger partial charge < -0.3 is 15.4 Å². The van der Waals surface area contributed by atoms with Gasteiger partial charge in [0.2, 0.25) is 0 Å². The van der Waals surface area contributed by atoms with Crippen molar-refractivity contribution in [3.63, 3.8) is 0 Å². The van der Waals surface area contributed by atoms with E-state index in [9.17, 15) is 4.79 Å². The molecule has 1 fully saturated rings. The number of nitrogens with one attached hydrogen (secondary N) is 2. The van der Waals surface area contributed by atoms with Crippen molar-refractivity contribution in [2.45, 2.75) is 12.8 Å². The van der Waals surface area contributed by atoms with Crippen molar-refractivity contribution in [1.29, 1.82) is 0 Å². The maximum absolute atomic E-state index is 10.6. The standard InChI is InChI=1S/C8H16N2O2/c1-9-8(11)12-5-3-7-2-4-10-6-7/h7,10H,2-6H2,1H3,(H,9,11). The van der Waals surface area contributed by atoms with Crippen LogP contribution in [-0.4, -0.2) is 32.8 Å². The first-order valence-electron chi connectivity index (χ1n) is 4.38. The SMILES string of the molecule is CNC(=O)OCCC1CCNC1. The second-order valence-corrected chi connectivity index (χ2v) is 3.03. The van der Waals surface area contributed by atoms with Crippen LogP contribution in [0.5, 0.6) is 0 Å². The summed E-state index contributed by atoms with van der Waals surface area (Å²) in [6, 6.07) is 0. The first-order valence-corrected chi connectivity index (χ1v) is 4.38. The normalized spacial score (nSPS) is 22.2. The number of carbonyl (C=O) groups excluding carboxylic acids is 1. The number of carbonyl (C=O) groups is 1.